The number of hydrogen-bond acceptors (Lipinski definition) is 13. The number of carbonyl (C=O) groups is 5. The highest BCUT2D eigenvalue weighted by atomic mass is 16.6. The number of aromatic amines is 3. The smallest absolute Gasteiger partial charge is 0.412 e. The SMILES string of the molecule is Cc1cc(CC(OC(=O)N2CCC(n3c(=O)[nH]c4ccccc43)CC2)C(=O)N2CCC(C3CCN(C)CC3)CC2)cc2cn[nH]c12.Cc1cc(CC(OC(=O)N2CCC3(CC2)OC(=O)Nc2ccccc23)C(=O)N2CCC(C3CCN(C)CC3)CC2)cc2cn[nH]c12. The van der Waals surface area contributed by atoms with Crippen molar-refractivity contribution in [2.45, 2.75) is 128 Å². The van der Waals surface area contributed by atoms with E-state index in [0.29, 0.717) is 96.3 Å². The largest absolute Gasteiger partial charge is 0.438 e. The van der Waals surface area contributed by atoms with Gasteiger partial charge < -0.3 is 48.6 Å². The second-order valence-corrected chi connectivity index (χ2v) is 27.3. The van der Waals surface area contributed by atoms with Gasteiger partial charge in [-0.3, -0.25) is 29.7 Å². The summed E-state index contributed by atoms with van der Waals surface area (Å²) in [5, 5.41) is 19.1. The lowest BCUT2D eigenvalue weighted by molar-refractivity contribution is -0.143. The summed E-state index contributed by atoms with van der Waals surface area (Å²) in [6.07, 6.45) is 11.9. The molecular weight excluding hydrogens is 1170 g/mol. The second-order valence-electron chi connectivity index (χ2n) is 27.3. The molecule has 22 heteroatoms. The summed E-state index contributed by atoms with van der Waals surface area (Å²) in [7, 11) is 4.38. The first-order valence-electron chi connectivity index (χ1n) is 33.6. The van der Waals surface area contributed by atoms with Crippen LogP contribution >= 0.6 is 0 Å². The summed E-state index contributed by atoms with van der Waals surface area (Å²) >= 11 is 0. The maximum Gasteiger partial charge on any atom is 0.412 e. The van der Waals surface area contributed by atoms with Crippen molar-refractivity contribution < 1.29 is 38.2 Å². The average Bonchev–Trinajstić information content (AvgIpc) is 0.823. The molecular formula is C70H89N13O9. The van der Waals surface area contributed by atoms with Gasteiger partial charge in [-0.05, 0) is 195 Å². The fraction of sp³-hybridized carbons (Fsp3) is 0.543. The first kappa shape index (κ1) is 62.6. The van der Waals surface area contributed by atoms with Gasteiger partial charge in [0.15, 0.2) is 12.2 Å². The Morgan fingerprint density at radius 3 is 1.52 bits per heavy atom. The number of piperidine rings is 6. The number of fused-ring (bicyclic) bond motifs is 5. The number of para-hydroxylation sites is 3. The molecule has 0 aliphatic carbocycles. The van der Waals surface area contributed by atoms with E-state index in [1.54, 1.807) is 22.2 Å². The summed E-state index contributed by atoms with van der Waals surface area (Å²) in [4.78, 5) is 95.5. The van der Waals surface area contributed by atoms with E-state index in [4.69, 9.17) is 14.2 Å². The van der Waals surface area contributed by atoms with Crippen molar-refractivity contribution in [3.05, 3.63) is 123 Å². The number of aryl methyl sites for hydroxylation is 2. The molecule has 7 aliphatic rings. The third-order valence-electron chi connectivity index (χ3n) is 21.5. The van der Waals surface area contributed by atoms with Gasteiger partial charge in [0.2, 0.25) is 0 Å². The fourth-order valence-electron chi connectivity index (χ4n) is 16.2. The van der Waals surface area contributed by atoms with Gasteiger partial charge in [0, 0.05) is 100 Å². The van der Waals surface area contributed by atoms with Crippen LogP contribution in [0.25, 0.3) is 32.8 Å². The Balaban J connectivity index is 0.000000168. The number of carbonyl (C=O) groups excluding carboxylic acids is 5. The molecule has 2 unspecified atom stereocenters. The molecule has 0 radical (unpaired) electrons. The average molecular weight is 1260 g/mol. The molecule has 5 amide bonds. The van der Waals surface area contributed by atoms with E-state index in [1.807, 2.05) is 101 Å². The lowest BCUT2D eigenvalue weighted by Gasteiger charge is -2.44. The van der Waals surface area contributed by atoms with Crippen molar-refractivity contribution in [1.29, 1.82) is 0 Å². The Morgan fingerprint density at radius 2 is 1.01 bits per heavy atom. The molecule has 6 fully saturated rings. The molecule has 4 aromatic carbocycles. The minimum absolute atomic E-state index is 0.0133. The number of benzene rings is 4. The number of likely N-dealkylation sites (tertiary alicyclic amines) is 6. The van der Waals surface area contributed by atoms with Crippen LogP contribution in [0, 0.1) is 37.5 Å². The van der Waals surface area contributed by atoms with E-state index in [2.05, 4.69) is 54.6 Å². The Kier molecular flexibility index (Phi) is 18.5. The molecule has 92 heavy (non-hydrogen) atoms. The summed E-state index contributed by atoms with van der Waals surface area (Å²) in [5.74, 6) is 2.50. The number of imidazole rings is 1. The van der Waals surface area contributed by atoms with Crippen LogP contribution < -0.4 is 11.0 Å². The summed E-state index contributed by atoms with van der Waals surface area (Å²) < 4.78 is 19.9. The summed E-state index contributed by atoms with van der Waals surface area (Å²) in [5.41, 5.74) is 8.30. The topological polar surface area (TPSA) is 240 Å². The standard InChI is InChI=1S/C35H45N7O4.C35H44N6O5/c1-23-19-24(20-27-22-36-38-32(23)27)21-31(33(43)40-15-9-26(10-16-40)25-7-13-39(2)14-8-25)46-35(45)41-17-11-28(12-18-41)42-30-6-4-3-5-29(30)37-34(42)44;1-23-19-24(20-27-22-36-38-31(23)27)21-30(32(42)40-15-9-26(10-16-40)25-7-13-39(2)14-8-25)45-34(44)41-17-11-35(12-18-41)28-5-3-4-6-29(28)37-33(43)46-35/h3-6,19-20,22,25-26,28,31H,7-18,21H2,1-2H3,(H,36,38)(H,37,44);3-6,19-20,22,25-26,30H,7-18,21H2,1-2H3,(H,36,38)(H,37,43). The normalized spacial score (nSPS) is 20.8. The minimum atomic E-state index is -0.940. The van der Waals surface area contributed by atoms with Gasteiger partial charge in [-0.15, -0.1) is 0 Å². The Bertz CT molecular complexity index is 3840. The summed E-state index contributed by atoms with van der Waals surface area (Å²) in [6, 6.07) is 23.4. The molecule has 3 aromatic heterocycles. The zero-order valence-electron chi connectivity index (χ0n) is 53.7. The lowest BCUT2D eigenvalue weighted by atomic mass is 9.79. The minimum Gasteiger partial charge on any atom is -0.438 e. The Morgan fingerprint density at radius 1 is 0.565 bits per heavy atom. The van der Waals surface area contributed by atoms with Crippen LogP contribution in [-0.2, 0) is 42.2 Å². The zero-order valence-corrected chi connectivity index (χ0v) is 53.7. The van der Waals surface area contributed by atoms with Crippen molar-refractivity contribution in [3.8, 4) is 0 Å². The van der Waals surface area contributed by atoms with Gasteiger partial charge in [0.25, 0.3) is 11.8 Å². The highest BCUT2D eigenvalue weighted by Gasteiger charge is 2.46. The van der Waals surface area contributed by atoms with Crippen molar-refractivity contribution in [3.63, 3.8) is 0 Å². The molecule has 0 bridgehead atoms. The first-order valence-corrected chi connectivity index (χ1v) is 33.6. The lowest BCUT2D eigenvalue weighted by Crippen LogP contribution is -2.52. The Labute approximate surface area is 536 Å². The van der Waals surface area contributed by atoms with Crippen LogP contribution in [-0.4, -0.2) is 194 Å². The maximum atomic E-state index is 14.1. The van der Waals surface area contributed by atoms with Crippen molar-refractivity contribution in [2.24, 2.45) is 23.7 Å². The summed E-state index contributed by atoms with van der Waals surface area (Å²) in [6.45, 7) is 13.0. The van der Waals surface area contributed by atoms with Crippen LogP contribution in [0.3, 0.4) is 0 Å². The molecule has 6 saturated heterocycles. The number of rotatable bonds is 11. The molecule has 4 N–H and O–H groups in total. The van der Waals surface area contributed by atoms with Crippen LogP contribution in [0.2, 0.25) is 0 Å². The number of hydrogen-bond donors (Lipinski definition) is 4. The zero-order chi connectivity index (χ0) is 63.6. The van der Waals surface area contributed by atoms with Gasteiger partial charge >= 0.3 is 24.0 Å². The van der Waals surface area contributed by atoms with Crippen molar-refractivity contribution >= 4 is 68.6 Å². The van der Waals surface area contributed by atoms with E-state index in [1.165, 1.54) is 25.7 Å². The quantitative estimate of drug-likeness (QED) is 0.0884. The third kappa shape index (κ3) is 13.5. The predicted octanol–water partition coefficient (Wildman–Crippen LogP) is 9.53. The molecule has 7 aliphatic heterocycles. The molecule has 488 valence electrons. The van der Waals surface area contributed by atoms with E-state index in [9.17, 15) is 28.8 Å². The molecule has 2 atom stereocenters. The van der Waals surface area contributed by atoms with E-state index in [-0.39, 0.29) is 30.0 Å². The van der Waals surface area contributed by atoms with Gasteiger partial charge in [-0.2, -0.15) is 10.2 Å². The van der Waals surface area contributed by atoms with Crippen LogP contribution in [0.4, 0.5) is 20.1 Å². The number of nitrogens with one attached hydrogen (secondary N) is 4. The van der Waals surface area contributed by atoms with Crippen LogP contribution in [0.15, 0.2) is 90.0 Å². The molecule has 1 spiro atoms. The first-order chi connectivity index (χ1) is 44.6. The second kappa shape index (κ2) is 27.1. The highest BCUT2D eigenvalue weighted by molar-refractivity contribution is 5.90. The molecule has 7 aromatic rings. The highest BCUT2D eigenvalue weighted by Crippen LogP contribution is 2.44. The van der Waals surface area contributed by atoms with Crippen LogP contribution in [0.5, 0.6) is 0 Å². The maximum absolute atomic E-state index is 14.1. The molecule has 10 heterocycles. The molecule has 14 rings (SSSR count). The van der Waals surface area contributed by atoms with E-state index in [0.717, 1.165) is 130 Å². The molecule has 22 nitrogen and oxygen atoms in total. The number of nitrogens with zero attached hydrogens (tertiary/aromatic N) is 9. The third-order valence-corrected chi connectivity index (χ3v) is 21.5. The van der Waals surface area contributed by atoms with Gasteiger partial charge in [-0.1, -0.05) is 42.5 Å². The number of H-pyrrole nitrogens is 3. The van der Waals surface area contributed by atoms with Crippen LogP contribution in [0.1, 0.15) is 111 Å². The molecule has 0 saturated carbocycles. The number of amides is 5. The fourth-order valence-corrected chi connectivity index (χ4v) is 16.2. The van der Waals surface area contributed by atoms with Crippen molar-refractivity contribution in [1.82, 2.24) is 59.3 Å². The van der Waals surface area contributed by atoms with Gasteiger partial charge in [-0.25, -0.2) is 19.2 Å². The number of aromatic nitrogens is 6. The Hall–Kier alpha value is -8.24. The van der Waals surface area contributed by atoms with Gasteiger partial charge in [0.1, 0.15) is 5.60 Å². The van der Waals surface area contributed by atoms with E-state index < -0.39 is 36.1 Å². The van der Waals surface area contributed by atoms with Gasteiger partial charge in [0.05, 0.1) is 40.1 Å². The predicted molar refractivity (Wildman–Crippen MR) is 350 cm³/mol. The van der Waals surface area contributed by atoms with Crippen molar-refractivity contribution in [2.75, 3.05) is 97.9 Å². The van der Waals surface area contributed by atoms with E-state index >= 15 is 0 Å². The number of ether oxygens (including phenoxy) is 3. The monoisotopic (exact) mass is 1260 g/mol. The number of anilines is 1.